The Balaban J connectivity index is 2.02. The fourth-order valence-electron chi connectivity index (χ4n) is 2.62. The molecule has 2 amide bonds. The number of imide groups is 1. The zero-order valence-electron chi connectivity index (χ0n) is 14.5. The predicted octanol–water partition coefficient (Wildman–Crippen LogP) is 4.04. The normalized spacial score (nSPS) is 16.0. The number of nitrogens with zero attached hydrogens (tertiary/aromatic N) is 1. The third-order valence-electron chi connectivity index (χ3n) is 4.04. The second-order valence-corrected chi connectivity index (χ2v) is 6.51. The summed E-state index contributed by atoms with van der Waals surface area (Å²) < 4.78 is 10.5. The summed E-state index contributed by atoms with van der Waals surface area (Å²) in [7, 11) is 2.99. The molecule has 2 aromatic carbocycles. The smallest absolute Gasteiger partial charge is 0.298 e. The number of aromatic hydroxyl groups is 1. The Morgan fingerprint density at radius 1 is 1.04 bits per heavy atom. The molecule has 1 heterocycles. The standard InChI is InChI=1S/C19H17NO5S/c1-11(12-4-6-13(21)7-5-12)17-18(22)20(19(23)26-17)15-9-8-14(24-2)10-16(15)25-3/h4-10,21H,1-3H3/b17-11-. The second-order valence-electron chi connectivity index (χ2n) is 5.55. The highest BCUT2D eigenvalue weighted by Gasteiger charge is 2.39. The Bertz CT molecular complexity index is 905. The number of anilines is 1. The quantitative estimate of drug-likeness (QED) is 0.818. The van der Waals surface area contributed by atoms with E-state index in [1.807, 2.05) is 0 Å². The largest absolute Gasteiger partial charge is 0.508 e. The number of benzene rings is 2. The molecular weight excluding hydrogens is 354 g/mol. The summed E-state index contributed by atoms with van der Waals surface area (Å²) >= 11 is 0.881. The highest BCUT2D eigenvalue weighted by Crippen LogP contribution is 2.42. The number of methoxy groups -OCH3 is 2. The molecule has 3 rings (SSSR count). The van der Waals surface area contributed by atoms with Crippen molar-refractivity contribution in [1.82, 2.24) is 0 Å². The van der Waals surface area contributed by atoms with Crippen molar-refractivity contribution in [3.8, 4) is 17.2 Å². The molecule has 6 nitrogen and oxygen atoms in total. The molecule has 1 fully saturated rings. The lowest BCUT2D eigenvalue weighted by Gasteiger charge is -2.17. The third-order valence-corrected chi connectivity index (χ3v) is 5.08. The number of ether oxygens (including phenoxy) is 2. The average molecular weight is 371 g/mol. The molecule has 0 bridgehead atoms. The fourth-order valence-corrected chi connectivity index (χ4v) is 3.51. The van der Waals surface area contributed by atoms with Crippen molar-refractivity contribution in [2.45, 2.75) is 6.92 Å². The third kappa shape index (κ3) is 3.13. The van der Waals surface area contributed by atoms with E-state index in [0.29, 0.717) is 27.7 Å². The van der Waals surface area contributed by atoms with Gasteiger partial charge in [-0.25, -0.2) is 4.90 Å². The number of allylic oxidation sites excluding steroid dienone is 1. The fraction of sp³-hybridized carbons (Fsp3) is 0.158. The summed E-state index contributed by atoms with van der Waals surface area (Å²) in [6.45, 7) is 1.77. The molecule has 2 aromatic rings. The second kappa shape index (κ2) is 7.13. The van der Waals surface area contributed by atoms with Crippen LogP contribution >= 0.6 is 11.8 Å². The molecule has 26 heavy (non-hydrogen) atoms. The summed E-state index contributed by atoms with van der Waals surface area (Å²) in [6, 6.07) is 11.4. The molecule has 0 aromatic heterocycles. The molecule has 7 heteroatoms. The minimum absolute atomic E-state index is 0.137. The van der Waals surface area contributed by atoms with Crippen LogP contribution in [0, 0.1) is 0 Å². The Labute approximate surface area is 155 Å². The minimum atomic E-state index is -0.408. The summed E-state index contributed by atoms with van der Waals surface area (Å²) in [5, 5.41) is 9.02. The maximum absolute atomic E-state index is 12.9. The van der Waals surface area contributed by atoms with E-state index in [4.69, 9.17) is 9.47 Å². The zero-order chi connectivity index (χ0) is 18.8. The Hall–Kier alpha value is -2.93. The van der Waals surface area contributed by atoms with Gasteiger partial charge in [0.15, 0.2) is 0 Å². The number of phenols is 1. The molecule has 1 aliphatic rings. The van der Waals surface area contributed by atoms with Crippen molar-refractivity contribution in [2.75, 3.05) is 19.1 Å². The molecule has 0 saturated carbocycles. The first kappa shape index (κ1) is 17.9. The molecule has 1 N–H and O–H groups in total. The summed E-state index contributed by atoms with van der Waals surface area (Å²) in [6.07, 6.45) is 0. The van der Waals surface area contributed by atoms with Crippen LogP contribution < -0.4 is 14.4 Å². The highest BCUT2D eigenvalue weighted by molar-refractivity contribution is 8.19. The lowest BCUT2D eigenvalue weighted by Crippen LogP contribution is -2.28. The lowest BCUT2D eigenvalue weighted by atomic mass is 10.1. The molecule has 0 aliphatic carbocycles. The highest BCUT2D eigenvalue weighted by atomic mass is 32.2. The average Bonchev–Trinajstić information content (AvgIpc) is 2.95. The number of thioether (sulfide) groups is 1. The van der Waals surface area contributed by atoms with Crippen molar-refractivity contribution < 1.29 is 24.2 Å². The zero-order valence-corrected chi connectivity index (χ0v) is 15.3. The van der Waals surface area contributed by atoms with Gasteiger partial charge >= 0.3 is 0 Å². The summed E-state index contributed by atoms with van der Waals surface area (Å²) in [5.41, 5.74) is 1.79. The monoisotopic (exact) mass is 371 g/mol. The van der Waals surface area contributed by atoms with Crippen molar-refractivity contribution in [3.63, 3.8) is 0 Å². The van der Waals surface area contributed by atoms with E-state index in [-0.39, 0.29) is 5.75 Å². The lowest BCUT2D eigenvalue weighted by molar-refractivity contribution is -0.113. The van der Waals surface area contributed by atoms with Gasteiger partial charge in [0.25, 0.3) is 11.1 Å². The van der Waals surface area contributed by atoms with Gasteiger partial charge in [0.1, 0.15) is 17.2 Å². The SMILES string of the molecule is COc1ccc(N2C(=O)S/C(=C(/C)c3ccc(O)cc3)C2=O)c(OC)c1. The minimum Gasteiger partial charge on any atom is -0.508 e. The van der Waals surface area contributed by atoms with Crippen LogP contribution in [0.3, 0.4) is 0 Å². The van der Waals surface area contributed by atoms with Crippen LogP contribution in [-0.2, 0) is 4.79 Å². The Morgan fingerprint density at radius 3 is 2.35 bits per heavy atom. The van der Waals surface area contributed by atoms with Crippen LogP contribution in [0.15, 0.2) is 47.4 Å². The van der Waals surface area contributed by atoms with Gasteiger partial charge in [-0.3, -0.25) is 9.59 Å². The van der Waals surface area contributed by atoms with E-state index in [9.17, 15) is 14.7 Å². The maximum atomic E-state index is 12.9. The van der Waals surface area contributed by atoms with Gasteiger partial charge in [-0.05, 0) is 54.1 Å². The first-order valence-electron chi connectivity index (χ1n) is 7.75. The predicted molar refractivity (Wildman–Crippen MR) is 101 cm³/mol. The molecular formula is C19H17NO5S. The van der Waals surface area contributed by atoms with Crippen molar-refractivity contribution >= 4 is 34.2 Å². The molecule has 0 unspecified atom stereocenters. The number of rotatable bonds is 4. The molecule has 1 saturated heterocycles. The molecule has 1 aliphatic heterocycles. The Morgan fingerprint density at radius 2 is 1.73 bits per heavy atom. The van der Waals surface area contributed by atoms with Gasteiger partial charge in [0.05, 0.1) is 24.8 Å². The van der Waals surface area contributed by atoms with Gasteiger partial charge in [-0.2, -0.15) is 0 Å². The van der Waals surface area contributed by atoms with Crippen LogP contribution in [0.4, 0.5) is 10.5 Å². The maximum Gasteiger partial charge on any atom is 0.298 e. The molecule has 0 atom stereocenters. The van der Waals surface area contributed by atoms with Crippen LogP contribution in [0.1, 0.15) is 12.5 Å². The van der Waals surface area contributed by atoms with Gasteiger partial charge in [0, 0.05) is 6.07 Å². The van der Waals surface area contributed by atoms with E-state index >= 15 is 0 Å². The number of carbonyl (C=O) groups excluding carboxylic acids is 2. The van der Waals surface area contributed by atoms with Gasteiger partial charge < -0.3 is 14.6 Å². The topological polar surface area (TPSA) is 76.1 Å². The van der Waals surface area contributed by atoms with E-state index in [0.717, 1.165) is 22.2 Å². The number of phenolic OH excluding ortho intramolecular Hbond substituents is 1. The van der Waals surface area contributed by atoms with Gasteiger partial charge in [-0.15, -0.1) is 0 Å². The molecule has 134 valence electrons. The number of hydrogen-bond acceptors (Lipinski definition) is 6. The van der Waals surface area contributed by atoms with Crippen molar-refractivity contribution in [2.24, 2.45) is 0 Å². The molecule has 0 spiro atoms. The van der Waals surface area contributed by atoms with Crippen LogP contribution in [0.2, 0.25) is 0 Å². The van der Waals surface area contributed by atoms with Crippen LogP contribution in [-0.4, -0.2) is 30.5 Å². The first-order valence-corrected chi connectivity index (χ1v) is 8.56. The summed E-state index contributed by atoms with van der Waals surface area (Å²) in [4.78, 5) is 26.9. The van der Waals surface area contributed by atoms with Crippen molar-refractivity contribution in [1.29, 1.82) is 0 Å². The van der Waals surface area contributed by atoms with E-state index in [2.05, 4.69) is 0 Å². The number of hydrogen-bond donors (Lipinski definition) is 1. The van der Waals surface area contributed by atoms with Crippen LogP contribution in [0.5, 0.6) is 17.2 Å². The van der Waals surface area contributed by atoms with E-state index in [1.165, 1.54) is 26.4 Å². The number of carbonyl (C=O) groups is 2. The van der Waals surface area contributed by atoms with E-state index < -0.39 is 11.1 Å². The number of amides is 2. The first-order chi connectivity index (χ1) is 12.5. The summed E-state index contributed by atoms with van der Waals surface area (Å²) in [5.74, 6) is 0.662. The Kier molecular flexibility index (Phi) is 4.90. The van der Waals surface area contributed by atoms with Crippen molar-refractivity contribution in [3.05, 3.63) is 52.9 Å². The molecule has 0 radical (unpaired) electrons. The van der Waals surface area contributed by atoms with E-state index in [1.54, 1.807) is 37.3 Å². The van der Waals surface area contributed by atoms with Crippen LogP contribution in [0.25, 0.3) is 5.57 Å². The van der Waals surface area contributed by atoms with Gasteiger partial charge in [0.2, 0.25) is 0 Å². The van der Waals surface area contributed by atoms with Gasteiger partial charge in [-0.1, -0.05) is 12.1 Å².